The maximum absolute atomic E-state index is 8.65. The van der Waals surface area contributed by atoms with Crippen LogP contribution >= 0.6 is 0 Å². The van der Waals surface area contributed by atoms with Gasteiger partial charge in [0.2, 0.25) is 0 Å². The van der Waals surface area contributed by atoms with Crippen LogP contribution in [0.4, 0.5) is 0 Å². The predicted octanol–water partition coefficient (Wildman–Crippen LogP) is -0.360. The fourth-order valence-electron chi connectivity index (χ4n) is 1.00. The second kappa shape index (κ2) is 3.20. The van der Waals surface area contributed by atoms with E-state index in [1.165, 1.54) is 0 Å². The normalized spacial score (nSPS) is 28.0. The summed E-state index contributed by atoms with van der Waals surface area (Å²) in [7, 11) is -1.19. The third-order valence-electron chi connectivity index (χ3n) is 1.62. The van der Waals surface area contributed by atoms with Crippen LogP contribution in [0.3, 0.4) is 0 Å². The second-order valence-electron chi connectivity index (χ2n) is 2.39. The van der Waals surface area contributed by atoms with Gasteiger partial charge in [-0.3, -0.25) is 0 Å². The average molecular weight is 130 g/mol. The van der Waals surface area contributed by atoms with Crippen molar-refractivity contribution >= 4 is 7.12 Å². The maximum Gasteiger partial charge on any atom is 0.457 e. The Bertz CT molecular complexity index is 80.3. The van der Waals surface area contributed by atoms with Gasteiger partial charge in [-0.15, -0.1) is 0 Å². The van der Waals surface area contributed by atoms with Crippen LogP contribution in [0.15, 0.2) is 0 Å². The van der Waals surface area contributed by atoms with Crippen molar-refractivity contribution in [1.29, 1.82) is 0 Å². The van der Waals surface area contributed by atoms with Gasteiger partial charge in [-0.2, -0.15) is 0 Å². The van der Waals surface area contributed by atoms with Crippen LogP contribution in [-0.4, -0.2) is 30.4 Å². The zero-order chi connectivity index (χ0) is 6.69. The van der Waals surface area contributed by atoms with Gasteiger partial charge in [0.25, 0.3) is 0 Å². The highest BCUT2D eigenvalue weighted by Crippen LogP contribution is 2.19. The fourth-order valence-corrected chi connectivity index (χ4v) is 1.00. The largest absolute Gasteiger partial charge is 0.457 e. The first-order valence-electron chi connectivity index (χ1n) is 3.24. The van der Waals surface area contributed by atoms with Crippen molar-refractivity contribution < 1.29 is 14.8 Å². The van der Waals surface area contributed by atoms with Crippen LogP contribution in [-0.2, 0) is 4.74 Å². The van der Waals surface area contributed by atoms with E-state index in [0.717, 1.165) is 19.4 Å². The first kappa shape index (κ1) is 7.06. The molecule has 1 rings (SSSR count). The van der Waals surface area contributed by atoms with E-state index in [1.54, 1.807) is 0 Å². The van der Waals surface area contributed by atoms with E-state index in [4.69, 9.17) is 14.8 Å². The topological polar surface area (TPSA) is 49.7 Å². The van der Waals surface area contributed by atoms with E-state index in [-0.39, 0.29) is 5.82 Å². The van der Waals surface area contributed by atoms with E-state index in [2.05, 4.69) is 0 Å². The van der Waals surface area contributed by atoms with Crippen LogP contribution in [0.2, 0.25) is 5.82 Å². The molecule has 3 nitrogen and oxygen atoms in total. The molecule has 1 fully saturated rings. The predicted molar refractivity (Wildman–Crippen MR) is 34.0 cm³/mol. The van der Waals surface area contributed by atoms with Gasteiger partial charge in [0.1, 0.15) is 0 Å². The molecule has 1 atom stereocenters. The average Bonchev–Trinajstić information content (AvgIpc) is 1.90. The quantitative estimate of drug-likeness (QED) is 0.476. The lowest BCUT2D eigenvalue weighted by Crippen LogP contribution is -2.27. The number of rotatable bonds is 1. The highest BCUT2D eigenvalue weighted by atomic mass is 16.5. The number of hydrogen-bond acceptors (Lipinski definition) is 3. The summed E-state index contributed by atoms with van der Waals surface area (Å²) >= 11 is 0. The van der Waals surface area contributed by atoms with E-state index in [1.807, 2.05) is 0 Å². The van der Waals surface area contributed by atoms with Gasteiger partial charge in [-0.05, 0) is 12.8 Å². The molecule has 52 valence electrons. The number of ether oxygens (including phenoxy) is 1. The molecular formula is C5H11BO3. The first-order valence-corrected chi connectivity index (χ1v) is 3.24. The molecule has 0 aromatic carbocycles. The zero-order valence-corrected chi connectivity index (χ0v) is 5.29. The van der Waals surface area contributed by atoms with Crippen molar-refractivity contribution in [3.63, 3.8) is 0 Å². The molecule has 1 heterocycles. The molecule has 1 aliphatic rings. The molecule has 0 amide bonds. The van der Waals surface area contributed by atoms with Gasteiger partial charge in [0.05, 0.1) is 0 Å². The second-order valence-corrected chi connectivity index (χ2v) is 2.39. The Morgan fingerprint density at radius 1 is 1.44 bits per heavy atom. The standard InChI is InChI=1S/C5H11BO3/c7-6(8)5-2-1-3-9-4-5/h5,7-8H,1-4H2/t5-/m0/s1. The van der Waals surface area contributed by atoms with Crippen LogP contribution in [0.5, 0.6) is 0 Å². The monoisotopic (exact) mass is 130 g/mol. The molecule has 0 saturated carbocycles. The Labute approximate surface area is 54.8 Å². The Morgan fingerprint density at radius 3 is 2.56 bits per heavy atom. The lowest BCUT2D eigenvalue weighted by molar-refractivity contribution is 0.0879. The molecule has 0 aliphatic carbocycles. The highest BCUT2D eigenvalue weighted by Gasteiger charge is 2.25. The summed E-state index contributed by atoms with van der Waals surface area (Å²) in [5, 5.41) is 17.3. The SMILES string of the molecule is OB(O)[C@H]1CCCOC1. The number of hydrogen-bond donors (Lipinski definition) is 2. The lowest BCUT2D eigenvalue weighted by Gasteiger charge is -2.20. The third kappa shape index (κ3) is 1.97. The Kier molecular flexibility index (Phi) is 2.51. The summed E-state index contributed by atoms with van der Waals surface area (Å²) in [6.07, 6.45) is 1.82. The van der Waals surface area contributed by atoms with Crippen LogP contribution in [0.1, 0.15) is 12.8 Å². The van der Waals surface area contributed by atoms with E-state index >= 15 is 0 Å². The van der Waals surface area contributed by atoms with Crippen molar-refractivity contribution in [2.45, 2.75) is 18.7 Å². The molecule has 0 aromatic rings. The van der Waals surface area contributed by atoms with E-state index < -0.39 is 7.12 Å². The molecular weight excluding hydrogens is 119 g/mol. The summed E-state index contributed by atoms with van der Waals surface area (Å²) in [6, 6.07) is 0. The molecule has 1 aliphatic heterocycles. The van der Waals surface area contributed by atoms with Crippen LogP contribution in [0, 0.1) is 0 Å². The van der Waals surface area contributed by atoms with Gasteiger partial charge in [0.15, 0.2) is 0 Å². The molecule has 2 N–H and O–H groups in total. The van der Waals surface area contributed by atoms with E-state index in [9.17, 15) is 0 Å². The van der Waals surface area contributed by atoms with Gasteiger partial charge in [-0.1, -0.05) is 0 Å². The molecule has 4 heteroatoms. The molecule has 0 radical (unpaired) electrons. The Hall–Kier alpha value is -0.0551. The summed E-state index contributed by atoms with van der Waals surface area (Å²) < 4.78 is 5.02. The summed E-state index contributed by atoms with van der Waals surface area (Å²) in [6.45, 7) is 1.26. The van der Waals surface area contributed by atoms with Crippen LogP contribution in [0.25, 0.3) is 0 Å². The lowest BCUT2D eigenvalue weighted by atomic mass is 9.70. The minimum atomic E-state index is -1.19. The minimum absolute atomic E-state index is 0.0567. The maximum atomic E-state index is 8.65. The smallest absolute Gasteiger partial charge is 0.427 e. The van der Waals surface area contributed by atoms with Gasteiger partial charge in [0, 0.05) is 19.0 Å². The first-order chi connectivity index (χ1) is 4.30. The van der Waals surface area contributed by atoms with Crippen molar-refractivity contribution in [3.05, 3.63) is 0 Å². The molecule has 0 aromatic heterocycles. The third-order valence-corrected chi connectivity index (χ3v) is 1.62. The highest BCUT2D eigenvalue weighted by molar-refractivity contribution is 6.43. The zero-order valence-electron chi connectivity index (χ0n) is 5.29. The Morgan fingerprint density at radius 2 is 2.22 bits per heavy atom. The van der Waals surface area contributed by atoms with Crippen molar-refractivity contribution in [2.75, 3.05) is 13.2 Å². The van der Waals surface area contributed by atoms with E-state index in [0.29, 0.717) is 6.61 Å². The fraction of sp³-hybridized carbons (Fsp3) is 1.00. The van der Waals surface area contributed by atoms with Crippen molar-refractivity contribution in [2.24, 2.45) is 0 Å². The van der Waals surface area contributed by atoms with Gasteiger partial charge < -0.3 is 14.8 Å². The molecule has 0 bridgehead atoms. The van der Waals surface area contributed by atoms with Gasteiger partial charge >= 0.3 is 7.12 Å². The summed E-state index contributed by atoms with van der Waals surface area (Å²) in [5.41, 5.74) is 0. The molecule has 1 saturated heterocycles. The van der Waals surface area contributed by atoms with Crippen molar-refractivity contribution in [1.82, 2.24) is 0 Å². The molecule has 0 unspecified atom stereocenters. The van der Waals surface area contributed by atoms with Gasteiger partial charge in [-0.25, -0.2) is 0 Å². The van der Waals surface area contributed by atoms with Crippen LogP contribution < -0.4 is 0 Å². The molecule has 0 spiro atoms. The molecule has 9 heavy (non-hydrogen) atoms. The Balaban J connectivity index is 2.23. The minimum Gasteiger partial charge on any atom is -0.427 e. The summed E-state index contributed by atoms with van der Waals surface area (Å²) in [4.78, 5) is 0. The summed E-state index contributed by atoms with van der Waals surface area (Å²) in [5.74, 6) is -0.0567. The van der Waals surface area contributed by atoms with Crippen molar-refractivity contribution in [3.8, 4) is 0 Å².